The molecule has 1 fully saturated rings. The maximum absolute atomic E-state index is 12.8. The summed E-state index contributed by atoms with van der Waals surface area (Å²) in [6, 6.07) is 7.43. The molecule has 82 valence electrons. The average molecular weight is 207 g/mol. The summed E-state index contributed by atoms with van der Waals surface area (Å²) in [7, 11) is 0. The topological polar surface area (TPSA) is 12.0 Å². The molecule has 1 aliphatic rings. The van der Waals surface area contributed by atoms with Gasteiger partial charge in [-0.2, -0.15) is 0 Å². The van der Waals surface area contributed by atoms with Gasteiger partial charge in [0, 0.05) is 11.6 Å². The van der Waals surface area contributed by atoms with E-state index < -0.39 is 0 Å². The van der Waals surface area contributed by atoms with Crippen LogP contribution in [-0.2, 0) is 5.54 Å². The van der Waals surface area contributed by atoms with Crippen LogP contribution >= 0.6 is 0 Å². The van der Waals surface area contributed by atoms with Gasteiger partial charge < -0.3 is 5.32 Å². The first-order valence-electron chi connectivity index (χ1n) is 5.70. The molecule has 2 rings (SSSR count). The van der Waals surface area contributed by atoms with Crippen molar-refractivity contribution in [1.29, 1.82) is 0 Å². The zero-order valence-electron chi connectivity index (χ0n) is 9.39. The van der Waals surface area contributed by atoms with Gasteiger partial charge in [0.1, 0.15) is 5.82 Å². The summed E-state index contributed by atoms with van der Waals surface area (Å²) >= 11 is 0. The predicted octanol–water partition coefficient (Wildman–Crippen LogP) is 3.20. The van der Waals surface area contributed by atoms with Gasteiger partial charge in [-0.3, -0.25) is 0 Å². The highest BCUT2D eigenvalue weighted by Gasteiger charge is 2.44. The highest BCUT2D eigenvalue weighted by Crippen LogP contribution is 2.45. The molecule has 0 amide bonds. The summed E-state index contributed by atoms with van der Waals surface area (Å²) in [5.74, 6) is -0.155. The Balaban J connectivity index is 2.12. The van der Waals surface area contributed by atoms with Crippen LogP contribution in [0.5, 0.6) is 0 Å². The lowest BCUT2D eigenvalue weighted by Gasteiger charge is -2.22. The van der Waals surface area contributed by atoms with E-state index in [9.17, 15) is 4.39 Å². The van der Waals surface area contributed by atoms with E-state index in [1.807, 2.05) is 12.1 Å². The van der Waals surface area contributed by atoms with Gasteiger partial charge in [-0.1, -0.05) is 19.1 Å². The Morgan fingerprint density at radius 3 is 2.40 bits per heavy atom. The Morgan fingerprint density at radius 1 is 1.33 bits per heavy atom. The minimum Gasteiger partial charge on any atom is -0.305 e. The van der Waals surface area contributed by atoms with Crippen molar-refractivity contribution in [3.8, 4) is 0 Å². The number of halogens is 1. The molecule has 1 aromatic rings. The third-order valence-electron chi connectivity index (χ3n) is 3.28. The molecule has 1 aromatic carbocycles. The molecule has 0 bridgehead atoms. The standard InChI is InChI=1S/C13H18FN/c1-3-10(2)15-13(8-9-13)11-4-6-12(14)7-5-11/h4-7,10,15H,3,8-9H2,1-2H3. The SMILES string of the molecule is CCC(C)NC1(c2ccc(F)cc2)CC1. The van der Waals surface area contributed by atoms with Crippen molar-refractivity contribution >= 4 is 0 Å². The first-order chi connectivity index (χ1) is 7.16. The van der Waals surface area contributed by atoms with E-state index >= 15 is 0 Å². The summed E-state index contributed by atoms with van der Waals surface area (Å²) in [5.41, 5.74) is 1.37. The van der Waals surface area contributed by atoms with Crippen LogP contribution in [0, 0.1) is 5.82 Å². The highest BCUT2D eigenvalue weighted by atomic mass is 19.1. The Labute approximate surface area is 90.7 Å². The molecule has 0 saturated heterocycles. The first kappa shape index (κ1) is 10.6. The van der Waals surface area contributed by atoms with Crippen molar-refractivity contribution in [1.82, 2.24) is 5.32 Å². The number of hydrogen-bond donors (Lipinski definition) is 1. The predicted molar refractivity (Wildman–Crippen MR) is 60.2 cm³/mol. The van der Waals surface area contributed by atoms with Crippen molar-refractivity contribution in [3.63, 3.8) is 0 Å². The molecular formula is C13H18FN. The molecule has 0 heterocycles. The van der Waals surface area contributed by atoms with E-state index in [0.717, 1.165) is 6.42 Å². The van der Waals surface area contributed by atoms with Crippen molar-refractivity contribution < 1.29 is 4.39 Å². The molecule has 1 atom stereocenters. The van der Waals surface area contributed by atoms with Crippen molar-refractivity contribution in [3.05, 3.63) is 35.6 Å². The summed E-state index contributed by atoms with van der Waals surface area (Å²) in [5, 5.41) is 3.63. The second-order valence-corrected chi connectivity index (χ2v) is 4.54. The van der Waals surface area contributed by atoms with Crippen LogP contribution in [0.25, 0.3) is 0 Å². The zero-order chi connectivity index (χ0) is 10.9. The molecule has 1 saturated carbocycles. The average Bonchev–Trinajstić information content (AvgIpc) is 3.00. The Hall–Kier alpha value is -0.890. The molecule has 1 unspecified atom stereocenters. The smallest absolute Gasteiger partial charge is 0.123 e. The molecule has 2 heteroatoms. The molecule has 0 aliphatic heterocycles. The highest BCUT2D eigenvalue weighted by molar-refractivity contribution is 5.30. The summed E-state index contributed by atoms with van der Waals surface area (Å²) in [6.45, 7) is 4.38. The van der Waals surface area contributed by atoms with Crippen LogP contribution in [-0.4, -0.2) is 6.04 Å². The summed E-state index contributed by atoms with van der Waals surface area (Å²) < 4.78 is 12.8. The molecular weight excluding hydrogens is 189 g/mol. The molecule has 1 nitrogen and oxygen atoms in total. The molecule has 1 aliphatic carbocycles. The third kappa shape index (κ3) is 2.20. The fourth-order valence-corrected chi connectivity index (χ4v) is 1.98. The molecule has 15 heavy (non-hydrogen) atoms. The lowest BCUT2D eigenvalue weighted by atomic mass is 10.0. The van der Waals surface area contributed by atoms with Crippen molar-refractivity contribution in [2.45, 2.75) is 44.7 Å². The van der Waals surface area contributed by atoms with Gasteiger partial charge in [-0.15, -0.1) is 0 Å². The number of nitrogens with one attached hydrogen (secondary N) is 1. The van der Waals surface area contributed by atoms with Crippen LogP contribution in [0.4, 0.5) is 4.39 Å². The minimum absolute atomic E-state index is 0.142. The quantitative estimate of drug-likeness (QED) is 0.799. The van der Waals surface area contributed by atoms with Crippen LogP contribution in [0.15, 0.2) is 24.3 Å². The fraction of sp³-hybridized carbons (Fsp3) is 0.538. The number of rotatable bonds is 4. The first-order valence-corrected chi connectivity index (χ1v) is 5.70. The number of hydrogen-bond acceptors (Lipinski definition) is 1. The summed E-state index contributed by atoms with van der Waals surface area (Å²) in [4.78, 5) is 0. The maximum atomic E-state index is 12.8. The van der Waals surface area contributed by atoms with E-state index in [2.05, 4.69) is 19.2 Å². The van der Waals surface area contributed by atoms with E-state index in [1.165, 1.54) is 18.4 Å². The third-order valence-corrected chi connectivity index (χ3v) is 3.28. The number of benzene rings is 1. The largest absolute Gasteiger partial charge is 0.305 e. The van der Waals surface area contributed by atoms with Crippen LogP contribution < -0.4 is 5.32 Å². The Bertz CT molecular complexity index is 327. The Kier molecular flexibility index (Phi) is 2.79. The molecule has 0 spiro atoms. The normalized spacial score (nSPS) is 19.9. The summed E-state index contributed by atoms with van der Waals surface area (Å²) in [6.07, 6.45) is 3.47. The van der Waals surface area contributed by atoms with Crippen LogP contribution in [0.2, 0.25) is 0 Å². The van der Waals surface area contributed by atoms with Crippen molar-refractivity contribution in [2.24, 2.45) is 0 Å². The van der Waals surface area contributed by atoms with Crippen LogP contribution in [0.3, 0.4) is 0 Å². The van der Waals surface area contributed by atoms with Gasteiger partial charge in [0.25, 0.3) is 0 Å². The second kappa shape index (κ2) is 3.93. The monoisotopic (exact) mass is 207 g/mol. The van der Waals surface area contributed by atoms with E-state index in [-0.39, 0.29) is 11.4 Å². The molecule has 0 aromatic heterocycles. The van der Waals surface area contributed by atoms with E-state index in [1.54, 1.807) is 12.1 Å². The fourth-order valence-electron chi connectivity index (χ4n) is 1.98. The van der Waals surface area contributed by atoms with E-state index in [4.69, 9.17) is 0 Å². The van der Waals surface area contributed by atoms with Gasteiger partial charge in [0.05, 0.1) is 0 Å². The minimum atomic E-state index is -0.155. The van der Waals surface area contributed by atoms with E-state index in [0.29, 0.717) is 6.04 Å². The van der Waals surface area contributed by atoms with Crippen LogP contribution in [0.1, 0.15) is 38.7 Å². The van der Waals surface area contributed by atoms with Gasteiger partial charge in [-0.25, -0.2) is 4.39 Å². The van der Waals surface area contributed by atoms with Gasteiger partial charge >= 0.3 is 0 Å². The maximum Gasteiger partial charge on any atom is 0.123 e. The zero-order valence-corrected chi connectivity index (χ0v) is 9.39. The molecule has 0 radical (unpaired) electrons. The molecule has 1 N–H and O–H groups in total. The second-order valence-electron chi connectivity index (χ2n) is 4.54. The Morgan fingerprint density at radius 2 is 1.93 bits per heavy atom. The van der Waals surface area contributed by atoms with Crippen molar-refractivity contribution in [2.75, 3.05) is 0 Å². The lowest BCUT2D eigenvalue weighted by Crippen LogP contribution is -2.36. The van der Waals surface area contributed by atoms with Gasteiger partial charge in [0.2, 0.25) is 0 Å². The van der Waals surface area contributed by atoms with Gasteiger partial charge in [0.15, 0.2) is 0 Å². The lowest BCUT2D eigenvalue weighted by molar-refractivity contribution is 0.431. The van der Waals surface area contributed by atoms with Gasteiger partial charge in [-0.05, 0) is 43.9 Å².